The van der Waals surface area contributed by atoms with Gasteiger partial charge in [-0.3, -0.25) is 0 Å². The van der Waals surface area contributed by atoms with Gasteiger partial charge >= 0.3 is 0 Å². The van der Waals surface area contributed by atoms with E-state index >= 15 is 0 Å². The van der Waals surface area contributed by atoms with E-state index in [1.807, 2.05) is 6.08 Å². The Morgan fingerprint density at radius 2 is 1.45 bits per heavy atom. The highest BCUT2D eigenvalue weighted by molar-refractivity contribution is 5.89. The minimum Gasteiger partial charge on any atom is -0.0985 e. The van der Waals surface area contributed by atoms with E-state index in [-0.39, 0.29) is 0 Å². The monoisotopic (exact) mass is 258 g/mol. The zero-order valence-corrected chi connectivity index (χ0v) is 12.0. The summed E-state index contributed by atoms with van der Waals surface area (Å²) in [5.74, 6) is 0. The zero-order chi connectivity index (χ0) is 14.1. The first-order valence-corrected chi connectivity index (χ1v) is 6.91. The van der Waals surface area contributed by atoms with Crippen molar-refractivity contribution in [3.63, 3.8) is 0 Å². The zero-order valence-electron chi connectivity index (χ0n) is 12.0. The molecule has 0 heterocycles. The highest BCUT2D eigenvalue weighted by atomic mass is 14.1. The Morgan fingerprint density at radius 3 is 2.15 bits per heavy atom. The first-order valence-electron chi connectivity index (χ1n) is 6.91. The third-order valence-corrected chi connectivity index (χ3v) is 3.83. The van der Waals surface area contributed by atoms with Gasteiger partial charge in [-0.2, -0.15) is 0 Å². The van der Waals surface area contributed by atoms with Gasteiger partial charge in [-0.25, -0.2) is 0 Å². The quantitative estimate of drug-likeness (QED) is 0.547. The summed E-state index contributed by atoms with van der Waals surface area (Å²) in [6.45, 7) is 8.13. The number of fused-ring (bicyclic) bond motifs is 1. The van der Waals surface area contributed by atoms with E-state index in [0.717, 1.165) is 0 Å². The van der Waals surface area contributed by atoms with Crippen molar-refractivity contribution >= 4 is 16.8 Å². The smallest absolute Gasteiger partial charge is 0.0172 e. The Hall–Kier alpha value is -2.34. The topological polar surface area (TPSA) is 0 Å². The molecule has 98 valence electrons. The van der Waals surface area contributed by atoms with Crippen molar-refractivity contribution in [1.82, 2.24) is 0 Å². The van der Waals surface area contributed by atoms with Crippen LogP contribution < -0.4 is 0 Å². The fourth-order valence-corrected chi connectivity index (χ4v) is 2.57. The summed E-state index contributed by atoms with van der Waals surface area (Å²) < 4.78 is 0. The molecule has 0 aliphatic carbocycles. The molecule has 0 amide bonds. The van der Waals surface area contributed by atoms with Crippen molar-refractivity contribution in [3.05, 3.63) is 77.9 Å². The first kappa shape index (κ1) is 12.7. The lowest BCUT2D eigenvalue weighted by Crippen LogP contribution is -1.84. The molecule has 3 aromatic carbocycles. The van der Waals surface area contributed by atoms with Gasteiger partial charge in [0.15, 0.2) is 0 Å². The molecule has 0 spiro atoms. The van der Waals surface area contributed by atoms with E-state index in [1.165, 1.54) is 38.6 Å². The standard InChI is InChI=1S/C20H18/c1-4-16-12-20-13-19(10-9-18(20)11-15(16)3)17-7-5-14(2)6-8-17/h4-13H,1H2,2-3H3. The molecule has 0 nitrogen and oxygen atoms in total. The lowest BCUT2D eigenvalue weighted by molar-refractivity contribution is 1.46. The van der Waals surface area contributed by atoms with Crippen LogP contribution in [0.15, 0.2) is 61.2 Å². The van der Waals surface area contributed by atoms with Gasteiger partial charge in [-0.15, -0.1) is 0 Å². The number of rotatable bonds is 2. The van der Waals surface area contributed by atoms with Crippen LogP contribution in [0.25, 0.3) is 28.0 Å². The summed E-state index contributed by atoms with van der Waals surface area (Å²) in [5.41, 5.74) is 6.29. The Balaban J connectivity index is 2.16. The second-order valence-electron chi connectivity index (χ2n) is 5.34. The molecule has 0 aromatic heterocycles. The van der Waals surface area contributed by atoms with Crippen LogP contribution in [0.1, 0.15) is 16.7 Å². The van der Waals surface area contributed by atoms with E-state index in [9.17, 15) is 0 Å². The minimum absolute atomic E-state index is 1.21. The van der Waals surface area contributed by atoms with Crippen molar-refractivity contribution in [2.45, 2.75) is 13.8 Å². The van der Waals surface area contributed by atoms with Crippen LogP contribution in [-0.4, -0.2) is 0 Å². The van der Waals surface area contributed by atoms with Crippen LogP contribution in [0, 0.1) is 13.8 Å². The SMILES string of the molecule is C=Cc1cc2cc(-c3ccc(C)cc3)ccc2cc1C. The normalized spacial score (nSPS) is 10.7. The van der Waals surface area contributed by atoms with Crippen molar-refractivity contribution in [2.24, 2.45) is 0 Å². The molecule has 0 atom stereocenters. The first-order chi connectivity index (χ1) is 9.67. The number of hydrogen-bond acceptors (Lipinski definition) is 0. The molecule has 20 heavy (non-hydrogen) atoms. The molecule has 3 rings (SSSR count). The average Bonchev–Trinajstić information content (AvgIpc) is 2.47. The predicted molar refractivity (Wildman–Crippen MR) is 88.9 cm³/mol. The van der Waals surface area contributed by atoms with E-state index < -0.39 is 0 Å². The van der Waals surface area contributed by atoms with Gasteiger partial charge in [-0.1, -0.05) is 60.7 Å². The maximum Gasteiger partial charge on any atom is -0.0172 e. The summed E-state index contributed by atoms with van der Waals surface area (Å²) in [7, 11) is 0. The highest BCUT2D eigenvalue weighted by Gasteiger charge is 2.02. The summed E-state index contributed by atoms with van der Waals surface area (Å²) in [6.07, 6.45) is 1.92. The lowest BCUT2D eigenvalue weighted by atomic mass is 9.97. The lowest BCUT2D eigenvalue weighted by Gasteiger charge is -2.08. The van der Waals surface area contributed by atoms with Gasteiger partial charge in [0.05, 0.1) is 0 Å². The van der Waals surface area contributed by atoms with Crippen LogP contribution in [0.4, 0.5) is 0 Å². The molecule has 0 saturated carbocycles. The van der Waals surface area contributed by atoms with E-state index in [4.69, 9.17) is 0 Å². The Morgan fingerprint density at radius 1 is 0.750 bits per heavy atom. The van der Waals surface area contributed by atoms with Crippen LogP contribution >= 0.6 is 0 Å². The van der Waals surface area contributed by atoms with Gasteiger partial charge in [0.2, 0.25) is 0 Å². The molecule has 0 unspecified atom stereocenters. The minimum atomic E-state index is 1.21. The van der Waals surface area contributed by atoms with E-state index in [0.29, 0.717) is 0 Å². The molecule has 0 saturated heterocycles. The fourth-order valence-electron chi connectivity index (χ4n) is 2.57. The van der Waals surface area contributed by atoms with Crippen molar-refractivity contribution in [2.75, 3.05) is 0 Å². The summed E-state index contributed by atoms with van der Waals surface area (Å²) in [4.78, 5) is 0. The second kappa shape index (κ2) is 4.97. The summed E-state index contributed by atoms with van der Waals surface area (Å²) in [6, 6.07) is 19.8. The number of aryl methyl sites for hydroxylation is 2. The largest absolute Gasteiger partial charge is 0.0985 e. The maximum absolute atomic E-state index is 3.89. The summed E-state index contributed by atoms with van der Waals surface area (Å²) >= 11 is 0. The molecule has 0 radical (unpaired) electrons. The molecule has 0 fully saturated rings. The molecular weight excluding hydrogens is 240 g/mol. The van der Waals surface area contributed by atoms with Crippen molar-refractivity contribution in [3.8, 4) is 11.1 Å². The highest BCUT2D eigenvalue weighted by Crippen LogP contribution is 2.27. The van der Waals surface area contributed by atoms with Gasteiger partial charge in [0, 0.05) is 0 Å². The Bertz CT molecular complexity index is 777. The molecular formula is C20H18. The maximum atomic E-state index is 3.89. The second-order valence-corrected chi connectivity index (χ2v) is 5.34. The molecule has 0 heteroatoms. The van der Waals surface area contributed by atoms with Gasteiger partial charge in [-0.05, 0) is 59.0 Å². The number of benzene rings is 3. The van der Waals surface area contributed by atoms with Crippen LogP contribution in [0.3, 0.4) is 0 Å². The third kappa shape index (κ3) is 2.25. The Labute approximate surface area is 120 Å². The molecule has 0 aliphatic rings. The molecule has 0 aliphatic heterocycles. The summed E-state index contributed by atoms with van der Waals surface area (Å²) in [5, 5.41) is 2.55. The van der Waals surface area contributed by atoms with Crippen LogP contribution in [-0.2, 0) is 0 Å². The fraction of sp³-hybridized carbons (Fsp3) is 0.100. The van der Waals surface area contributed by atoms with Crippen LogP contribution in [0.2, 0.25) is 0 Å². The average molecular weight is 258 g/mol. The van der Waals surface area contributed by atoms with E-state index in [1.54, 1.807) is 0 Å². The van der Waals surface area contributed by atoms with Crippen molar-refractivity contribution in [1.29, 1.82) is 0 Å². The van der Waals surface area contributed by atoms with Gasteiger partial charge < -0.3 is 0 Å². The van der Waals surface area contributed by atoms with Gasteiger partial charge in [0.1, 0.15) is 0 Å². The number of hydrogen-bond donors (Lipinski definition) is 0. The molecule has 3 aromatic rings. The molecule has 0 N–H and O–H groups in total. The third-order valence-electron chi connectivity index (χ3n) is 3.83. The van der Waals surface area contributed by atoms with Gasteiger partial charge in [0.25, 0.3) is 0 Å². The molecule has 0 bridgehead atoms. The predicted octanol–water partition coefficient (Wildman–Crippen LogP) is 5.77. The van der Waals surface area contributed by atoms with Crippen molar-refractivity contribution < 1.29 is 0 Å². The Kier molecular flexibility index (Phi) is 3.15. The van der Waals surface area contributed by atoms with Crippen LogP contribution in [0.5, 0.6) is 0 Å². The van der Waals surface area contributed by atoms with E-state index in [2.05, 4.69) is 75.0 Å².